The summed E-state index contributed by atoms with van der Waals surface area (Å²) in [6.07, 6.45) is 10.1. The number of hydrogen-bond donors (Lipinski definition) is 1. The van der Waals surface area contributed by atoms with Gasteiger partial charge in [-0.05, 0) is 129 Å². The number of halogens is 2. The molecule has 4 aliphatic carbocycles. The Kier molecular flexibility index (Phi) is 6.41. The average Bonchev–Trinajstić information content (AvgIpc) is 3.16. The molecule has 1 heterocycles. The highest BCUT2D eigenvalue weighted by molar-refractivity contribution is 6.42. The highest BCUT2D eigenvalue weighted by Crippen LogP contribution is 2.60. The molecule has 194 valence electrons. The Labute approximate surface area is 234 Å². The SMILES string of the molecule is Cc1cc(/C=C(/C#N)C(=O)Nc2ccc(Cl)c(Cl)c2)c(C)n1-c1ccc(C23CC4CC(CC(C4)C2)C3)cc1. The Morgan fingerprint density at radius 3 is 2.18 bits per heavy atom. The molecule has 7 rings (SSSR count). The van der Waals surface area contributed by atoms with E-state index in [2.05, 4.69) is 41.1 Å². The minimum atomic E-state index is -0.490. The molecule has 6 heteroatoms. The number of nitriles is 1. The lowest BCUT2D eigenvalue weighted by Gasteiger charge is -2.57. The quantitative estimate of drug-likeness (QED) is 0.259. The van der Waals surface area contributed by atoms with Gasteiger partial charge in [-0.2, -0.15) is 5.26 Å². The molecule has 0 unspecified atom stereocenters. The molecule has 4 bridgehead atoms. The maximum atomic E-state index is 12.8. The summed E-state index contributed by atoms with van der Waals surface area (Å²) in [5.41, 5.74) is 6.38. The van der Waals surface area contributed by atoms with E-state index >= 15 is 0 Å². The number of anilines is 1. The summed E-state index contributed by atoms with van der Waals surface area (Å²) in [6, 6.07) is 18.1. The second kappa shape index (κ2) is 9.63. The molecule has 0 aliphatic heterocycles. The number of nitrogens with one attached hydrogen (secondary N) is 1. The van der Waals surface area contributed by atoms with Gasteiger partial charge < -0.3 is 9.88 Å². The highest BCUT2D eigenvalue weighted by atomic mass is 35.5. The van der Waals surface area contributed by atoms with Gasteiger partial charge in [-0.25, -0.2) is 0 Å². The van der Waals surface area contributed by atoms with Gasteiger partial charge >= 0.3 is 0 Å². The fourth-order valence-electron chi connectivity index (χ4n) is 7.84. The molecule has 4 aliphatic rings. The van der Waals surface area contributed by atoms with Gasteiger partial charge in [0.05, 0.1) is 10.0 Å². The van der Waals surface area contributed by atoms with E-state index in [1.807, 2.05) is 19.1 Å². The summed E-state index contributed by atoms with van der Waals surface area (Å²) in [5.74, 6) is 2.28. The van der Waals surface area contributed by atoms with E-state index in [1.54, 1.807) is 24.3 Å². The van der Waals surface area contributed by atoms with Gasteiger partial charge in [0.2, 0.25) is 0 Å². The summed E-state index contributed by atoms with van der Waals surface area (Å²) >= 11 is 12.0. The average molecular weight is 545 g/mol. The summed E-state index contributed by atoms with van der Waals surface area (Å²) in [7, 11) is 0. The van der Waals surface area contributed by atoms with Gasteiger partial charge in [-0.3, -0.25) is 4.79 Å². The molecule has 4 saturated carbocycles. The van der Waals surface area contributed by atoms with E-state index in [1.165, 1.54) is 44.1 Å². The lowest BCUT2D eigenvalue weighted by atomic mass is 9.48. The minimum Gasteiger partial charge on any atom is -0.321 e. The Morgan fingerprint density at radius 1 is 0.974 bits per heavy atom. The van der Waals surface area contributed by atoms with Crippen molar-refractivity contribution in [2.24, 2.45) is 17.8 Å². The van der Waals surface area contributed by atoms with Crippen LogP contribution in [0.2, 0.25) is 10.0 Å². The summed E-state index contributed by atoms with van der Waals surface area (Å²) < 4.78 is 2.20. The Hall–Kier alpha value is -3.00. The molecule has 1 N–H and O–H groups in total. The number of amides is 1. The van der Waals surface area contributed by atoms with Crippen molar-refractivity contribution in [2.75, 3.05) is 5.32 Å². The van der Waals surface area contributed by atoms with Crippen LogP contribution < -0.4 is 5.32 Å². The van der Waals surface area contributed by atoms with Crippen molar-refractivity contribution in [3.05, 3.63) is 86.7 Å². The van der Waals surface area contributed by atoms with Crippen molar-refractivity contribution >= 4 is 40.9 Å². The van der Waals surface area contributed by atoms with E-state index in [4.69, 9.17) is 23.2 Å². The molecule has 0 spiro atoms. The van der Waals surface area contributed by atoms with Gasteiger partial charge in [-0.15, -0.1) is 0 Å². The fourth-order valence-corrected chi connectivity index (χ4v) is 8.13. The Morgan fingerprint density at radius 2 is 1.61 bits per heavy atom. The van der Waals surface area contributed by atoms with Gasteiger partial charge in [-0.1, -0.05) is 35.3 Å². The molecule has 3 aromatic rings. The largest absolute Gasteiger partial charge is 0.321 e. The topological polar surface area (TPSA) is 57.8 Å². The predicted molar refractivity (Wildman–Crippen MR) is 154 cm³/mol. The number of rotatable bonds is 5. The molecule has 2 aromatic carbocycles. The molecular weight excluding hydrogens is 513 g/mol. The van der Waals surface area contributed by atoms with Gasteiger partial charge in [0.1, 0.15) is 11.6 Å². The number of aryl methyl sites for hydroxylation is 1. The minimum absolute atomic E-state index is 0.0217. The molecule has 0 radical (unpaired) electrons. The van der Waals surface area contributed by atoms with Crippen LogP contribution in [0.3, 0.4) is 0 Å². The first-order valence-corrected chi connectivity index (χ1v) is 14.2. The third-order valence-corrected chi connectivity index (χ3v) is 9.83. The first kappa shape index (κ1) is 25.3. The van der Waals surface area contributed by atoms with E-state index in [-0.39, 0.29) is 5.57 Å². The van der Waals surface area contributed by atoms with Crippen LogP contribution in [-0.2, 0) is 10.2 Å². The van der Waals surface area contributed by atoms with Crippen LogP contribution in [-0.4, -0.2) is 10.5 Å². The number of hydrogen-bond acceptors (Lipinski definition) is 2. The van der Waals surface area contributed by atoms with Gasteiger partial charge in [0, 0.05) is 22.8 Å². The van der Waals surface area contributed by atoms with Crippen LogP contribution in [0.15, 0.2) is 54.1 Å². The van der Waals surface area contributed by atoms with Crippen LogP contribution in [0.1, 0.15) is 61.0 Å². The van der Waals surface area contributed by atoms with Crippen molar-refractivity contribution in [1.82, 2.24) is 4.57 Å². The zero-order valence-electron chi connectivity index (χ0n) is 21.7. The monoisotopic (exact) mass is 543 g/mol. The van der Waals surface area contributed by atoms with E-state index in [9.17, 15) is 10.1 Å². The fraction of sp³-hybridized carbons (Fsp3) is 0.375. The normalized spacial score (nSPS) is 25.9. The highest BCUT2D eigenvalue weighted by Gasteiger charge is 2.51. The molecule has 0 saturated heterocycles. The molecule has 1 aromatic heterocycles. The number of nitrogens with zero attached hydrogens (tertiary/aromatic N) is 2. The molecule has 4 nitrogen and oxygen atoms in total. The van der Waals surface area contributed by atoms with Crippen molar-refractivity contribution in [2.45, 2.75) is 57.8 Å². The Balaban J connectivity index is 1.25. The Bertz CT molecular complexity index is 1460. The first-order valence-electron chi connectivity index (χ1n) is 13.4. The lowest BCUT2D eigenvalue weighted by Crippen LogP contribution is -2.48. The third-order valence-electron chi connectivity index (χ3n) is 9.09. The molecular formula is C32H31Cl2N3O. The van der Waals surface area contributed by atoms with Crippen LogP contribution in [0.5, 0.6) is 0 Å². The van der Waals surface area contributed by atoms with Crippen LogP contribution >= 0.6 is 23.2 Å². The van der Waals surface area contributed by atoms with Crippen LogP contribution in [0, 0.1) is 42.9 Å². The van der Waals surface area contributed by atoms with Gasteiger partial charge in [0.15, 0.2) is 0 Å². The summed E-state index contributed by atoms with van der Waals surface area (Å²) in [5, 5.41) is 13.2. The second-order valence-electron chi connectivity index (χ2n) is 11.7. The number of carbonyl (C=O) groups is 1. The van der Waals surface area contributed by atoms with Crippen LogP contribution in [0.25, 0.3) is 11.8 Å². The van der Waals surface area contributed by atoms with Crippen molar-refractivity contribution < 1.29 is 4.79 Å². The summed E-state index contributed by atoms with van der Waals surface area (Å²) in [6.45, 7) is 4.08. The third kappa shape index (κ3) is 4.46. The molecule has 38 heavy (non-hydrogen) atoms. The molecule has 0 atom stereocenters. The zero-order chi connectivity index (χ0) is 26.6. The molecule has 1 amide bonds. The zero-order valence-corrected chi connectivity index (χ0v) is 23.2. The summed E-state index contributed by atoms with van der Waals surface area (Å²) in [4.78, 5) is 12.8. The first-order chi connectivity index (χ1) is 18.2. The van der Waals surface area contributed by atoms with Crippen LogP contribution in [0.4, 0.5) is 5.69 Å². The lowest BCUT2D eigenvalue weighted by molar-refractivity contribution is -0.112. The van der Waals surface area contributed by atoms with Crippen molar-refractivity contribution in [3.63, 3.8) is 0 Å². The number of carbonyl (C=O) groups excluding carboxylic acids is 1. The smallest absolute Gasteiger partial charge is 0.266 e. The van der Waals surface area contributed by atoms with Gasteiger partial charge in [0.25, 0.3) is 5.91 Å². The van der Waals surface area contributed by atoms with Crippen molar-refractivity contribution in [1.29, 1.82) is 5.26 Å². The maximum Gasteiger partial charge on any atom is 0.266 e. The van der Waals surface area contributed by atoms with E-state index in [0.29, 0.717) is 21.1 Å². The number of aromatic nitrogens is 1. The molecule has 4 fully saturated rings. The van der Waals surface area contributed by atoms with E-state index < -0.39 is 5.91 Å². The number of benzene rings is 2. The van der Waals surface area contributed by atoms with E-state index in [0.717, 1.165) is 40.4 Å². The predicted octanol–water partition coefficient (Wildman–Crippen LogP) is 8.41. The van der Waals surface area contributed by atoms with Crippen molar-refractivity contribution in [3.8, 4) is 11.8 Å². The maximum absolute atomic E-state index is 12.8. The standard InChI is InChI=1S/C32H31Cl2N3O/c1-19-9-24(13-25(18-35)31(38)36-27-5-8-29(33)30(34)14-27)20(2)37(19)28-6-3-26(4-7-28)32-15-21-10-22(16-32)12-23(11-21)17-32/h3-9,13-14,21-23H,10-12,15-17H2,1-2H3,(H,36,38)/b25-13-. The second-order valence-corrected chi connectivity index (χ2v) is 12.5.